The Morgan fingerprint density at radius 1 is 1.53 bits per heavy atom. The van der Waals surface area contributed by atoms with Gasteiger partial charge in [-0.2, -0.15) is 5.10 Å². The molecule has 2 aromatic heterocycles. The van der Waals surface area contributed by atoms with E-state index in [4.69, 9.17) is 0 Å². The number of fused-ring (bicyclic) bond motifs is 1. The van der Waals surface area contributed by atoms with Gasteiger partial charge in [0.2, 0.25) is 0 Å². The van der Waals surface area contributed by atoms with Crippen LogP contribution in [-0.4, -0.2) is 58.2 Å². The second-order valence-electron chi connectivity index (χ2n) is 4.02. The van der Waals surface area contributed by atoms with E-state index in [2.05, 4.69) is 24.8 Å². The lowest BCUT2D eigenvalue weighted by molar-refractivity contribution is -0.141. The Balaban J connectivity index is 2.39. The van der Waals surface area contributed by atoms with Crippen LogP contribution >= 0.6 is 0 Å². The van der Waals surface area contributed by atoms with Gasteiger partial charge in [0, 0.05) is 14.1 Å². The quantitative estimate of drug-likeness (QED) is 0.445. The number of rotatable bonds is 4. The molecule has 0 aliphatic heterocycles. The Bertz CT molecular complexity index is 619. The van der Waals surface area contributed by atoms with Crippen molar-refractivity contribution in [2.45, 2.75) is 6.54 Å². The van der Waals surface area contributed by atoms with Crippen molar-refractivity contribution in [3.63, 3.8) is 0 Å². The van der Waals surface area contributed by atoms with Crippen molar-refractivity contribution < 1.29 is 9.53 Å². The standard InChI is InChI=1S/C11H14N6O2/c1-16(2)7-14-10-8-4-15-17(5-9(18)19-3)11(8)13-6-12-10/h4,6-7H,5H2,1-3H3. The summed E-state index contributed by atoms with van der Waals surface area (Å²) >= 11 is 0. The number of methoxy groups -OCH3 is 1. The number of nitrogens with zero attached hydrogens (tertiary/aromatic N) is 6. The molecule has 8 heteroatoms. The van der Waals surface area contributed by atoms with E-state index >= 15 is 0 Å². The molecule has 0 bridgehead atoms. The van der Waals surface area contributed by atoms with Crippen LogP contribution in [0.15, 0.2) is 17.5 Å². The highest BCUT2D eigenvalue weighted by Gasteiger charge is 2.11. The molecule has 0 radical (unpaired) electrons. The SMILES string of the molecule is COC(=O)Cn1ncc2c(N=CN(C)C)ncnc21. The first kappa shape index (κ1) is 12.9. The minimum Gasteiger partial charge on any atom is -0.468 e. The van der Waals surface area contributed by atoms with Crippen LogP contribution in [0.3, 0.4) is 0 Å². The second-order valence-corrected chi connectivity index (χ2v) is 4.02. The molecule has 0 saturated heterocycles. The van der Waals surface area contributed by atoms with Crippen LogP contribution in [0.5, 0.6) is 0 Å². The van der Waals surface area contributed by atoms with Gasteiger partial charge in [-0.3, -0.25) is 4.79 Å². The van der Waals surface area contributed by atoms with Crippen LogP contribution in [0.25, 0.3) is 11.0 Å². The lowest BCUT2D eigenvalue weighted by atomic mass is 10.4. The fourth-order valence-electron chi connectivity index (χ4n) is 1.46. The molecule has 8 nitrogen and oxygen atoms in total. The Morgan fingerprint density at radius 2 is 2.32 bits per heavy atom. The van der Waals surface area contributed by atoms with E-state index in [1.165, 1.54) is 18.1 Å². The second kappa shape index (κ2) is 5.42. The fraction of sp³-hybridized carbons (Fsp3) is 0.364. The molecule has 0 unspecified atom stereocenters. The van der Waals surface area contributed by atoms with Gasteiger partial charge in [0.1, 0.15) is 12.9 Å². The predicted octanol–water partition coefficient (Wildman–Crippen LogP) is 0.221. The van der Waals surface area contributed by atoms with Crippen molar-refractivity contribution in [2.24, 2.45) is 4.99 Å². The van der Waals surface area contributed by atoms with E-state index < -0.39 is 0 Å². The smallest absolute Gasteiger partial charge is 0.327 e. The van der Waals surface area contributed by atoms with Crippen molar-refractivity contribution >= 4 is 29.2 Å². The van der Waals surface area contributed by atoms with Crippen molar-refractivity contribution in [1.82, 2.24) is 24.6 Å². The number of hydrogen-bond donors (Lipinski definition) is 0. The molecular formula is C11H14N6O2. The molecule has 0 aromatic carbocycles. The molecule has 19 heavy (non-hydrogen) atoms. The zero-order valence-electron chi connectivity index (χ0n) is 10.9. The third-order valence-electron chi connectivity index (χ3n) is 2.33. The van der Waals surface area contributed by atoms with Gasteiger partial charge in [0.25, 0.3) is 0 Å². The van der Waals surface area contributed by atoms with Gasteiger partial charge < -0.3 is 9.64 Å². The van der Waals surface area contributed by atoms with E-state index in [1.54, 1.807) is 17.4 Å². The van der Waals surface area contributed by atoms with Crippen molar-refractivity contribution in [1.29, 1.82) is 0 Å². The minimum atomic E-state index is -0.387. The average Bonchev–Trinajstić information content (AvgIpc) is 2.80. The molecule has 2 aromatic rings. The maximum atomic E-state index is 11.3. The Morgan fingerprint density at radius 3 is 3.00 bits per heavy atom. The van der Waals surface area contributed by atoms with Crippen LogP contribution in [-0.2, 0) is 16.1 Å². The summed E-state index contributed by atoms with van der Waals surface area (Å²) in [7, 11) is 5.06. The summed E-state index contributed by atoms with van der Waals surface area (Å²) in [6.45, 7) is 0.00779. The number of carbonyl (C=O) groups excluding carboxylic acids is 1. The number of hydrogen-bond acceptors (Lipinski definition) is 6. The summed E-state index contributed by atoms with van der Waals surface area (Å²) in [5, 5.41) is 4.78. The van der Waals surface area contributed by atoms with E-state index in [0.29, 0.717) is 16.9 Å². The van der Waals surface area contributed by atoms with Gasteiger partial charge in [0.15, 0.2) is 11.5 Å². The molecule has 0 fully saturated rings. The number of ether oxygens (including phenoxy) is 1. The zero-order chi connectivity index (χ0) is 13.8. The molecule has 0 spiro atoms. The number of carbonyl (C=O) groups is 1. The first-order chi connectivity index (χ1) is 9.11. The summed E-state index contributed by atoms with van der Waals surface area (Å²) in [6, 6.07) is 0. The predicted molar refractivity (Wildman–Crippen MR) is 69.2 cm³/mol. The number of esters is 1. The molecule has 0 aliphatic carbocycles. The number of aliphatic imine (C=N–C) groups is 1. The van der Waals surface area contributed by atoms with Gasteiger partial charge in [0.05, 0.1) is 25.0 Å². The highest BCUT2D eigenvalue weighted by atomic mass is 16.5. The largest absolute Gasteiger partial charge is 0.468 e. The Hall–Kier alpha value is -2.51. The summed E-state index contributed by atoms with van der Waals surface area (Å²) < 4.78 is 6.06. The molecule has 0 amide bonds. The average molecular weight is 262 g/mol. The Labute approximate surface area is 109 Å². The molecule has 0 saturated carbocycles. The molecule has 100 valence electrons. The third-order valence-corrected chi connectivity index (χ3v) is 2.33. The van der Waals surface area contributed by atoms with Crippen molar-refractivity contribution in [3.05, 3.63) is 12.5 Å². The van der Waals surface area contributed by atoms with E-state index in [1.807, 2.05) is 14.1 Å². The van der Waals surface area contributed by atoms with E-state index in [9.17, 15) is 4.79 Å². The maximum Gasteiger partial charge on any atom is 0.327 e. The topological polar surface area (TPSA) is 85.5 Å². The van der Waals surface area contributed by atoms with Gasteiger partial charge in [-0.1, -0.05) is 0 Å². The zero-order valence-corrected chi connectivity index (χ0v) is 10.9. The molecule has 2 rings (SSSR count). The fourth-order valence-corrected chi connectivity index (χ4v) is 1.46. The summed E-state index contributed by atoms with van der Waals surface area (Å²) in [5.74, 6) is 0.122. The van der Waals surface area contributed by atoms with Gasteiger partial charge in [-0.05, 0) is 0 Å². The van der Waals surface area contributed by atoms with Crippen LogP contribution in [0, 0.1) is 0 Å². The first-order valence-corrected chi connectivity index (χ1v) is 5.55. The first-order valence-electron chi connectivity index (χ1n) is 5.55. The normalized spacial score (nSPS) is 11.1. The van der Waals surface area contributed by atoms with Crippen molar-refractivity contribution in [3.8, 4) is 0 Å². The molecule has 0 N–H and O–H groups in total. The Kier molecular flexibility index (Phi) is 3.69. The molecule has 2 heterocycles. The summed E-state index contributed by atoms with van der Waals surface area (Å²) in [5.41, 5.74) is 0.548. The lowest BCUT2D eigenvalue weighted by Crippen LogP contribution is -2.12. The summed E-state index contributed by atoms with van der Waals surface area (Å²) in [4.78, 5) is 25.5. The molecule has 0 atom stereocenters. The van der Waals surface area contributed by atoms with Crippen LogP contribution in [0.1, 0.15) is 0 Å². The highest BCUT2D eigenvalue weighted by Crippen LogP contribution is 2.20. The lowest BCUT2D eigenvalue weighted by Gasteiger charge is -2.03. The van der Waals surface area contributed by atoms with Crippen LogP contribution in [0.4, 0.5) is 5.82 Å². The highest BCUT2D eigenvalue weighted by molar-refractivity contribution is 5.86. The molecule has 0 aliphatic rings. The third kappa shape index (κ3) is 2.84. The van der Waals surface area contributed by atoms with Gasteiger partial charge in [-0.15, -0.1) is 0 Å². The van der Waals surface area contributed by atoms with Crippen LogP contribution < -0.4 is 0 Å². The van der Waals surface area contributed by atoms with Gasteiger partial charge in [-0.25, -0.2) is 19.6 Å². The number of aromatic nitrogens is 4. The van der Waals surface area contributed by atoms with Crippen LogP contribution in [0.2, 0.25) is 0 Å². The van der Waals surface area contributed by atoms with E-state index in [-0.39, 0.29) is 12.5 Å². The monoisotopic (exact) mass is 262 g/mol. The maximum absolute atomic E-state index is 11.3. The van der Waals surface area contributed by atoms with E-state index in [0.717, 1.165) is 0 Å². The van der Waals surface area contributed by atoms with Gasteiger partial charge >= 0.3 is 5.97 Å². The summed E-state index contributed by atoms with van der Waals surface area (Å²) in [6.07, 6.45) is 4.61. The minimum absolute atomic E-state index is 0.00779. The molecular weight excluding hydrogens is 248 g/mol. The van der Waals surface area contributed by atoms with Crippen molar-refractivity contribution in [2.75, 3.05) is 21.2 Å².